The van der Waals surface area contributed by atoms with E-state index in [9.17, 15) is 4.79 Å². The summed E-state index contributed by atoms with van der Waals surface area (Å²) in [7, 11) is 1.94. The number of carbonyl (C=O) groups is 1. The average molecular weight is 173 g/mol. The summed E-state index contributed by atoms with van der Waals surface area (Å²) in [6.45, 7) is 8.54. The summed E-state index contributed by atoms with van der Waals surface area (Å²) in [5.41, 5.74) is 0.0453. The van der Waals surface area contributed by atoms with Gasteiger partial charge in [0.15, 0.2) is 0 Å². The summed E-state index contributed by atoms with van der Waals surface area (Å²) < 4.78 is 0. The van der Waals surface area contributed by atoms with Crippen LogP contribution in [-0.4, -0.2) is 35.1 Å². The van der Waals surface area contributed by atoms with Crippen LogP contribution in [0.15, 0.2) is 0 Å². The Morgan fingerprint density at radius 2 is 1.92 bits per heavy atom. The first-order chi connectivity index (χ1) is 5.25. The highest BCUT2D eigenvalue weighted by Gasteiger charge is 2.21. The maximum absolute atomic E-state index is 10.5. The lowest BCUT2D eigenvalue weighted by atomic mass is 10.0. The highest BCUT2D eigenvalue weighted by molar-refractivity contribution is 5.69. The minimum atomic E-state index is -0.730. The predicted octanol–water partition coefficient (Wildman–Crippen LogP) is 1.44. The van der Waals surface area contributed by atoms with E-state index < -0.39 is 5.97 Å². The molecule has 1 N–H and O–H groups in total. The molecular weight excluding hydrogens is 154 g/mol. The number of carboxylic acid groups (broad SMARTS) is 1. The normalized spacial score (nSPS) is 14.8. The first-order valence-corrected chi connectivity index (χ1v) is 4.19. The molecule has 0 saturated heterocycles. The summed E-state index contributed by atoms with van der Waals surface area (Å²) in [5, 5.41) is 8.67. The first-order valence-electron chi connectivity index (χ1n) is 4.19. The van der Waals surface area contributed by atoms with Crippen LogP contribution in [0.5, 0.6) is 0 Å². The standard InChI is InChI=1S/C9H19NO2/c1-7(8(11)12)6-10(5)9(2,3)4/h7H,6H2,1-5H3,(H,11,12). The van der Waals surface area contributed by atoms with E-state index in [-0.39, 0.29) is 11.5 Å². The van der Waals surface area contributed by atoms with Crippen molar-refractivity contribution in [3.05, 3.63) is 0 Å². The summed E-state index contributed by atoms with van der Waals surface area (Å²) in [4.78, 5) is 12.6. The van der Waals surface area contributed by atoms with Crippen LogP contribution < -0.4 is 0 Å². The third kappa shape index (κ3) is 3.72. The molecule has 3 heteroatoms. The molecule has 0 radical (unpaired) electrons. The smallest absolute Gasteiger partial charge is 0.307 e. The Balaban J connectivity index is 4.01. The van der Waals surface area contributed by atoms with E-state index in [1.165, 1.54) is 0 Å². The van der Waals surface area contributed by atoms with Crippen LogP contribution in [-0.2, 0) is 4.79 Å². The van der Waals surface area contributed by atoms with Crippen LogP contribution in [0.1, 0.15) is 27.7 Å². The summed E-state index contributed by atoms with van der Waals surface area (Å²) in [5.74, 6) is -1.03. The Hall–Kier alpha value is -0.570. The van der Waals surface area contributed by atoms with Gasteiger partial charge in [-0.25, -0.2) is 0 Å². The molecule has 0 aliphatic carbocycles. The lowest BCUT2D eigenvalue weighted by molar-refractivity contribution is -0.142. The molecule has 3 nitrogen and oxygen atoms in total. The summed E-state index contributed by atoms with van der Waals surface area (Å²) >= 11 is 0. The van der Waals surface area contributed by atoms with Gasteiger partial charge in [0.2, 0.25) is 0 Å². The van der Waals surface area contributed by atoms with Gasteiger partial charge in [-0.05, 0) is 27.8 Å². The number of nitrogens with zero attached hydrogens (tertiary/aromatic N) is 1. The van der Waals surface area contributed by atoms with E-state index in [0.717, 1.165) is 0 Å². The van der Waals surface area contributed by atoms with Crippen molar-refractivity contribution in [1.29, 1.82) is 0 Å². The minimum Gasteiger partial charge on any atom is -0.481 e. The van der Waals surface area contributed by atoms with Gasteiger partial charge < -0.3 is 10.0 Å². The lowest BCUT2D eigenvalue weighted by Gasteiger charge is -2.32. The molecule has 1 atom stereocenters. The minimum absolute atomic E-state index is 0.0453. The fourth-order valence-corrected chi connectivity index (χ4v) is 0.763. The zero-order chi connectivity index (χ0) is 9.94. The van der Waals surface area contributed by atoms with Gasteiger partial charge in [0.25, 0.3) is 0 Å². The SMILES string of the molecule is CC(CN(C)C(C)(C)C)C(=O)O. The second kappa shape index (κ2) is 3.90. The fraction of sp³-hybridized carbons (Fsp3) is 0.889. The maximum Gasteiger partial charge on any atom is 0.307 e. The number of carboxylic acids is 1. The van der Waals surface area contributed by atoms with Crippen molar-refractivity contribution >= 4 is 5.97 Å². The Morgan fingerprint density at radius 1 is 1.50 bits per heavy atom. The molecule has 0 aromatic carbocycles. The molecule has 0 aromatic heterocycles. The second-order valence-corrected chi connectivity index (χ2v) is 4.29. The summed E-state index contributed by atoms with van der Waals surface area (Å²) in [6.07, 6.45) is 0. The Bertz CT molecular complexity index is 160. The topological polar surface area (TPSA) is 40.5 Å². The van der Waals surface area contributed by atoms with Crippen molar-refractivity contribution in [2.75, 3.05) is 13.6 Å². The fourth-order valence-electron chi connectivity index (χ4n) is 0.763. The molecule has 0 amide bonds. The molecule has 0 aliphatic heterocycles. The van der Waals surface area contributed by atoms with E-state index in [0.29, 0.717) is 6.54 Å². The van der Waals surface area contributed by atoms with Crippen LogP contribution in [0.2, 0.25) is 0 Å². The third-order valence-electron chi connectivity index (χ3n) is 2.11. The highest BCUT2D eigenvalue weighted by Crippen LogP contribution is 2.12. The molecule has 0 aliphatic rings. The third-order valence-corrected chi connectivity index (χ3v) is 2.11. The highest BCUT2D eigenvalue weighted by atomic mass is 16.4. The molecule has 0 rings (SSSR count). The quantitative estimate of drug-likeness (QED) is 0.702. The molecule has 0 saturated carbocycles. The number of hydrogen-bond acceptors (Lipinski definition) is 2. The maximum atomic E-state index is 10.5. The van der Waals surface area contributed by atoms with Crippen LogP contribution in [0.25, 0.3) is 0 Å². The van der Waals surface area contributed by atoms with Gasteiger partial charge in [-0.15, -0.1) is 0 Å². The Kier molecular flexibility index (Phi) is 3.71. The van der Waals surface area contributed by atoms with Crippen LogP contribution in [0, 0.1) is 5.92 Å². The van der Waals surface area contributed by atoms with Gasteiger partial charge in [-0.2, -0.15) is 0 Å². The largest absolute Gasteiger partial charge is 0.481 e. The number of rotatable bonds is 3. The molecule has 0 aromatic rings. The average Bonchev–Trinajstić information content (AvgIpc) is 1.85. The van der Waals surface area contributed by atoms with Crippen LogP contribution >= 0.6 is 0 Å². The van der Waals surface area contributed by atoms with Crippen molar-refractivity contribution in [2.24, 2.45) is 5.92 Å². The lowest BCUT2D eigenvalue weighted by Crippen LogP contribution is -2.41. The molecular formula is C9H19NO2. The Labute approximate surface area is 74.4 Å². The van der Waals surface area contributed by atoms with Crippen LogP contribution in [0.4, 0.5) is 0 Å². The number of aliphatic carboxylic acids is 1. The summed E-state index contributed by atoms with van der Waals surface area (Å²) in [6, 6.07) is 0. The molecule has 0 fully saturated rings. The van der Waals surface area contributed by atoms with E-state index in [1.807, 2.05) is 11.9 Å². The van der Waals surface area contributed by atoms with Gasteiger partial charge in [0.05, 0.1) is 5.92 Å². The van der Waals surface area contributed by atoms with Gasteiger partial charge in [0, 0.05) is 12.1 Å². The van der Waals surface area contributed by atoms with Gasteiger partial charge >= 0.3 is 5.97 Å². The molecule has 0 bridgehead atoms. The van der Waals surface area contributed by atoms with Crippen molar-refractivity contribution in [3.8, 4) is 0 Å². The predicted molar refractivity (Wildman–Crippen MR) is 49.2 cm³/mol. The zero-order valence-electron chi connectivity index (χ0n) is 8.59. The van der Waals surface area contributed by atoms with E-state index in [1.54, 1.807) is 6.92 Å². The molecule has 0 spiro atoms. The van der Waals surface area contributed by atoms with Gasteiger partial charge in [0.1, 0.15) is 0 Å². The van der Waals surface area contributed by atoms with E-state index in [4.69, 9.17) is 5.11 Å². The van der Waals surface area contributed by atoms with Crippen molar-refractivity contribution < 1.29 is 9.90 Å². The van der Waals surface area contributed by atoms with Crippen molar-refractivity contribution in [1.82, 2.24) is 4.90 Å². The zero-order valence-corrected chi connectivity index (χ0v) is 8.59. The van der Waals surface area contributed by atoms with Crippen LogP contribution in [0.3, 0.4) is 0 Å². The molecule has 1 unspecified atom stereocenters. The number of hydrogen-bond donors (Lipinski definition) is 1. The van der Waals surface area contributed by atoms with Gasteiger partial charge in [-0.1, -0.05) is 6.92 Å². The van der Waals surface area contributed by atoms with E-state index >= 15 is 0 Å². The molecule has 72 valence electrons. The Morgan fingerprint density at radius 3 is 2.17 bits per heavy atom. The molecule has 0 heterocycles. The molecule has 12 heavy (non-hydrogen) atoms. The van der Waals surface area contributed by atoms with Gasteiger partial charge in [-0.3, -0.25) is 4.79 Å². The van der Waals surface area contributed by atoms with Crippen molar-refractivity contribution in [3.63, 3.8) is 0 Å². The first kappa shape index (κ1) is 11.4. The van der Waals surface area contributed by atoms with Crippen molar-refractivity contribution in [2.45, 2.75) is 33.2 Å². The second-order valence-electron chi connectivity index (χ2n) is 4.29. The van der Waals surface area contributed by atoms with E-state index in [2.05, 4.69) is 20.8 Å². The monoisotopic (exact) mass is 173 g/mol.